The van der Waals surface area contributed by atoms with Gasteiger partial charge in [0.2, 0.25) is 5.88 Å². The summed E-state index contributed by atoms with van der Waals surface area (Å²) in [6.07, 6.45) is 6.71. The summed E-state index contributed by atoms with van der Waals surface area (Å²) < 4.78 is 6.15. The fourth-order valence-electron chi connectivity index (χ4n) is 3.44. The van der Waals surface area contributed by atoms with Gasteiger partial charge in [-0.1, -0.05) is 48.0 Å². The highest BCUT2D eigenvalue weighted by Crippen LogP contribution is 2.37. The molecule has 0 atom stereocenters. The zero-order valence-electron chi connectivity index (χ0n) is 16.6. The number of fused-ring (bicyclic) bond motifs is 1. The lowest BCUT2D eigenvalue weighted by molar-refractivity contribution is 0.115. The van der Waals surface area contributed by atoms with Crippen molar-refractivity contribution in [1.29, 1.82) is 0 Å². The van der Waals surface area contributed by atoms with Gasteiger partial charge < -0.3 is 15.0 Å². The van der Waals surface area contributed by atoms with Gasteiger partial charge in [-0.25, -0.2) is 15.0 Å². The van der Waals surface area contributed by atoms with Crippen molar-refractivity contribution in [2.24, 2.45) is 0 Å². The summed E-state index contributed by atoms with van der Waals surface area (Å²) in [6, 6.07) is 5.05. The average molecular weight is 477 g/mol. The standard InChI is InChI=1S/C22H20Cl3N5O/c1-3-13(2)30-6-4-15(5-7-30)31-20-10-16-19(11-26-20)27-12-28-22(16)29-21-17(24)8-14(23)9-18(21)25/h3,8-12,15H,1-2,4-7H2,(H,27,28,29). The number of benzene rings is 1. The van der Waals surface area contributed by atoms with E-state index in [1.165, 1.54) is 6.33 Å². The number of pyridine rings is 1. The van der Waals surface area contributed by atoms with Crippen LogP contribution < -0.4 is 10.1 Å². The molecule has 4 rings (SSSR count). The normalized spacial score (nSPS) is 14.5. The van der Waals surface area contributed by atoms with Crippen LogP contribution in [0.1, 0.15) is 12.8 Å². The molecule has 1 aliphatic rings. The van der Waals surface area contributed by atoms with Crippen molar-refractivity contribution in [3.05, 3.63) is 70.7 Å². The number of likely N-dealkylation sites (tertiary alicyclic amines) is 1. The zero-order valence-corrected chi connectivity index (χ0v) is 18.9. The van der Waals surface area contributed by atoms with E-state index in [9.17, 15) is 0 Å². The zero-order chi connectivity index (χ0) is 22.0. The van der Waals surface area contributed by atoms with Crippen LogP contribution in [0, 0.1) is 0 Å². The van der Waals surface area contributed by atoms with Crippen molar-refractivity contribution < 1.29 is 4.74 Å². The van der Waals surface area contributed by atoms with E-state index >= 15 is 0 Å². The molecule has 0 unspecified atom stereocenters. The van der Waals surface area contributed by atoms with Gasteiger partial charge in [-0.15, -0.1) is 0 Å². The van der Waals surface area contributed by atoms with Gasteiger partial charge in [-0.05, 0) is 18.2 Å². The van der Waals surface area contributed by atoms with Gasteiger partial charge in [0.15, 0.2) is 0 Å². The first-order valence-corrected chi connectivity index (χ1v) is 10.8. The maximum Gasteiger partial charge on any atom is 0.214 e. The molecule has 6 nitrogen and oxygen atoms in total. The maximum absolute atomic E-state index is 6.31. The minimum atomic E-state index is 0.0695. The third-order valence-corrected chi connectivity index (χ3v) is 5.93. The van der Waals surface area contributed by atoms with Crippen LogP contribution in [0.4, 0.5) is 11.5 Å². The lowest BCUT2D eigenvalue weighted by Gasteiger charge is -2.33. The Labute approximate surface area is 195 Å². The Balaban J connectivity index is 1.56. The topological polar surface area (TPSA) is 63.2 Å². The SMILES string of the molecule is C=CC(=C)N1CCC(Oc2cc3c(Nc4c(Cl)cc(Cl)cc4Cl)ncnc3cn2)CC1. The summed E-state index contributed by atoms with van der Waals surface area (Å²) in [5, 5.41) is 5.16. The molecule has 3 heterocycles. The van der Waals surface area contributed by atoms with Crippen molar-refractivity contribution in [3.63, 3.8) is 0 Å². The van der Waals surface area contributed by atoms with Gasteiger partial charge in [0.05, 0.1) is 27.4 Å². The van der Waals surface area contributed by atoms with Gasteiger partial charge >= 0.3 is 0 Å². The minimum Gasteiger partial charge on any atom is -0.474 e. The molecule has 0 aliphatic carbocycles. The number of hydrogen-bond donors (Lipinski definition) is 1. The number of nitrogens with one attached hydrogen (secondary N) is 1. The molecule has 0 saturated carbocycles. The van der Waals surface area contributed by atoms with Gasteiger partial charge in [-0.2, -0.15) is 0 Å². The number of hydrogen-bond acceptors (Lipinski definition) is 6. The largest absolute Gasteiger partial charge is 0.474 e. The van der Waals surface area contributed by atoms with Crippen LogP contribution in [-0.2, 0) is 0 Å². The molecule has 1 saturated heterocycles. The van der Waals surface area contributed by atoms with Gasteiger partial charge in [0.1, 0.15) is 18.2 Å². The van der Waals surface area contributed by atoms with Crippen molar-refractivity contribution in [2.75, 3.05) is 18.4 Å². The Hall–Kier alpha value is -2.54. The third kappa shape index (κ3) is 4.87. The molecule has 3 aromatic rings. The Kier molecular flexibility index (Phi) is 6.51. The Morgan fingerprint density at radius 2 is 1.81 bits per heavy atom. The fourth-order valence-corrected chi connectivity index (χ4v) is 4.36. The van der Waals surface area contributed by atoms with Crippen LogP contribution in [0.2, 0.25) is 15.1 Å². The van der Waals surface area contributed by atoms with Crippen molar-refractivity contribution in [3.8, 4) is 5.88 Å². The van der Waals surface area contributed by atoms with E-state index in [0.717, 1.165) is 37.0 Å². The molecular weight excluding hydrogens is 457 g/mol. The Morgan fingerprint density at radius 3 is 2.48 bits per heavy atom. The predicted molar refractivity (Wildman–Crippen MR) is 127 cm³/mol. The second-order valence-corrected chi connectivity index (χ2v) is 8.38. The van der Waals surface area contributed by atoms with Crippen LogP contribution in [0.15, 0.2) is 55.7 Å². The molecule has 1 aromatic carbocycles. The number of ether oxygens (including phenoxy) is 1. The number of halogens is 3. The first-order chi connectivity index (χ1) is 14.9. The van der Waals surface area contributed by atoms with Crippen LogP contribution >= 0.6 is 34.8 Å². The second-order valence-electron chi connectivity index (χ2n) is 7.13. The highest BCUT2D eigenvalue weighted by atomic mass is 35.5. The predicted octanol–water partition coefficient (Wildman–Crippen LogP) is 6.27. The Bertz CT molecular complexity index is 1120. The number of piperidine rings is 1. The molecule has 160 valence electrons. The maximum atomic E-state index is 6.31. The summed E-state index contributed by atoms with van der Waals surface area (Å²) in [4.78, 5) is 15.3. The van der Waals surface area contributed by atoms with E-state index in [0.29, 0.717) is 38.0 Å². The smallest absolute Gasteiger partial charge is 0.214 e. The lowest BCUT2D eigenvalue weighted by Crippen LogP contribution is -2.37. The quantitative estimate of drug-likeness (QED) is 0.423. The molecule has 1 fully saturated rings. The molecule has 0 amide bonds. The van der Waals surface area contributed by atoms with E-state index in [-0.39, 0.29) is 6.10 Å². The molecule has 2 aromatic heterocycles. The number of rotatable bonds is 6. The minimum absolute atomic E-state index is 0.0695. The van der Waals surface area contributed by atoms with E-state index in [1.54, 1.807) is 24.4 Å². The van der Waals surface area contributed by atoms with Crippen molar-refractivity contribution >= 4 is 57.2 Å². The van der Waals surface area contributed by atoms with Gasteiger partial charge in [0.25, 0.3) is 0 Å². The molecule has 0 spiro atoms. The van der Waals surface area contributed by atoms with Crippen molar-refractivity contribution in [2.45, 2.75) is 18.9 Å². The lowest BCUT2D eigenvalue weighted by atomic mass is 10.1. The summed E-state index contributed by atoms with van der Waals surface area (Å²) in [5.74, 6) is 1.06. The van der Waals surface area contributed by atoms with E-state index < -0.39 is 0 Å². The molecular formula is C22H20Cl3N5O. The number of nitrogens with zero attached hydrogens (tertiary/aromatic N) is 4. The second kappa shape index (κ2) is 9.30. The first kappa shape index (κ1) is 21.7. The molecule has 0 radical (unpaired) electrons. The number of allylic oxidation sites excluding steroid dienone is 1. The Morgan fingerprint density at radius 1 is 1.10 bits per heavy atom. The van der Waals surface area contributed by atoms with Gasteiger partial charge in [0, 0.05) is 48.1 Å². The van der Waals surface area contributed by atoms with Crippen LogP contribution in [0.5, 0.6) is 5.88 Å². The van der Waals surface area contributed by atoms with E-state index in [4.69, 9.17) is 39.5 Å². The monoisotopic (exact) mass is 475 g/mol. The number of aromatic nitrogens is 3. The summed E-state index contributed by atoms with van der Waals surface area (Å²) in [5.41, 5.74) is 2.12. The highest BCUT2D eigenvalue weighted by molar-refractivity contribution is 6.42. The molecule has 0 bridgehead atoms. The summed E-state index contributed by atoms with van der Waals surface area (Å²) in [6.45, 7) is 9.53. The number of anilines is 2. The van der Waals surface area contributed by atoms with Gasteiger partial charge in [-0.3, -0.25) is 0 Å². The van der Waals surface area contributed by atoms with E-state index in [2.05, 4.69) is 38.3 Å². The molecule has 1 aliphatic heterocycles. The first-order valence-electron chi connectivity index (χ1n) is 9.70. The molecule has 1 N–H and O–H groups in total. The van der Waals surface area contributed by atoms with Crippen LogP contribution in [0.25, 0.3) is 10.9 Å². The average Bonchev–Trinajstić information content (AvgIpc) is 2.76. The fraction of sp³-hybridized carbons (Fsp3) is 0.227. The highest BCUT2D eigenvalue weighted by Gasteiger charge is 2.21. The third-order valence-electron chi connectivity index (χ3n) is 5.12. The van der Waals surface area contributed by atoms with E-state index in [1.807, 2.05) is 6.07 Å². The van der Waals surface area contributed by atoms with Crippen molar-refractivity contribution in [1.82, 2.24) is 19.9 Å². The molecule has 31 heavy (non-hydrogen) atoms. The molecule has 9 heteroatoms. The van der Waals surface area contributed by atoms with Crippen LogP contribution in [-0.4, -0.2) is 39.0 Å². The summed E-state index contributed by atoms with van der Waals surface area (Å²) in [7, 11) is 0. The summed E-state index contributed by atoms with van der Waals surface area (Å²) >= 11 is 18.6. The van der Waals surface area contributed by atoms with Crippen LogP contribution in [0.3, 0.4) is 0 Å².